The van der Waals surface area contributed by atoms with E-state index in [9.17, 15) is 4.79 Å². The molecule has 0 aliphatic carbocycles. The molecule has 0 saturated carbocycles. The molecule has 2 heterocycles. The van der Waals surface area contributed by atoms with Crippen molar-refractivity contribution in [3.8, 4) is 0 Å². The zero-order valence-electron chi connectivity index (χ0n) is 18.7. The molecule has 0 spiro atoms. The second kappa shape index (κ2) is 8.93. The van der Waals surface area contributed by atoms with E-state index in [1.54, 1.807) is 0 Å². The van der Waals surface area contributed by atoms with Gasteiger partial charge >= 0.3 is 0 Å². The molecule has 2 aliphatic rings. The van der Waals surface area contributed by atoms with Crippen molar-refractivity contribution in [2.45, 2.75) is 31.9 Å². The van der Waals surface area contributed by atoms with Gasteiger partial charge < -0.3 is 15.4 Å². The van der Waals surface area contributed by atoms with E-state index < -0.39 is 0 Å². The van der Waals surface area contributed by atoms with Crippen LogP contribution in [0.1, 0.15) is 40.9 Å². The molecule has 1 amide bonds. The highest BCUT2D eigenvalue weighted by atomic mass is 16.5. The van der Waals surface area contributed by atoms with Crippen LogP contribution in [0.15, 0.2) is 60.7 Å². The van der Waals surface area contributed by atoms with Crippen LogP contribution in [0.3, 0.4) is 0 Å². The van der Waals surface area contributed by atoms with Crippen molar-refractivity contribution in [3.05, 3.63) is 77.4 Å². The number of rotatable bonds is 5. The quantitative estimate of drug-likeness (QED) is 0.662. The van der Waals surface area contributed by atoms with E-state index in [1.165, 1.54) is 27.6 Å². The zero-order chi connectivity index (χ0) is 22.1. The number of anilines is 1. The summed E-state index contributed by atoms with van der Waals surface area (Å²) in [5.41, 5.74) is 9.79. The first-order valence-corrected chi connectivity index (χ1v) is 11.6. The molecule has 5 nitrogen and oxygen atoms in total. The number of amides is 1. The fraction of sp³-hybridized carbons (Fsp3) is 0.370. The maximum absolute atomic E-state index is 11.5. The molecule has 0 radical (unpaired) electrons. The second-order valence-electron chi connectivity index (χ2n) is 9.01. The fourth-order valence-electron chi connectivity index (χ4n) is 5.24. The van der Waals surface area contributed by atoms with E-state index >= 15 is 0 Å². The number of piperazine rings is 1. The predicted molar refractivity (Wildman–Crippen MR) is 129 cm³/mol. The summed E-state index contributed by atoms with van der Waals surface area (Å²) in [7, 11) is 0. The average molecular weight is 430 g/mol. The van der Waals surface area contributed by atoms with Crippen molar-refractivity contribution in [1.29, 1.82) is 0 Å². The van der Waals surface area contributed by atoms with Crippen molar-refractivity contribution in [2.24, 2.45) is 5.73 Å². The molecule has 2 N–H and O–H groups in total. The molecule has 2 atom stereocenters. The lowest BCUT2D eigenvalue weighted by molar-refractivity contribution is 0.0255. The minimum atomic E-state index is -0.367. The summed E-state index contributed by atoms with van der Waals surface area (Å²) in [6.45, 7) is 7.13. The molecular formula is C27H31N3O2. The Kier molecular flexibility index (Phi) is 5.85. The number of ether oxygens (including phenoxy) is 1. The second-order valence-corrected chi connectivity index (χ2v) is 9.01. The van der Waals surface area contributed by atoms with Crippen molar-refractivity contribution in [2.75, 3.05) is 37.7 Å². The molecule has 2 aliphatic heterocycles. The monoisotopic (exact) mass is 429 g/mol. The number of hydrogen-bond acceptors (Lipinski definition) is 4. The average Bonchev–Trinajstić information content (AvgIpc) is 2.82. The lowest BCUT2D eigenvalue weighted by Crippen LogP contribution is -2.52. The molecule has 1 fully saturated rings. The summed E-state index contributed by atoms with van der Waals surface area (Å²) in [5.74, 6) is -0.367. The van der Waals surface area contributed by atoms with Gasteiger partial charge in [0.05, 0.1) is 12.7 Å². The normalized spacial score (nSPS) is 21.5. The summed E-state index contributed by atoms with van der Waals surface area (Å²) in [4.78, 5) is 16.6. The highest BCUT2D eigenvalue weighted by molar-refractivity contribution is 5.94. The van der Waals surface area contributed by atoms with Crippen molar-refractivity contribution in [3.63, 3.8) is 0 Å². The van der Waals surface area contributed by atoms with Gasteiger partial charge in [-0.05, 0) is 54.5 Å². The molecule has 0 aromatic heterocycles. The SMILES string of the molecule is C[C@@H]1CN(c2cccc3ccccc23)CCN1CCC1OCCc2cc(C(N)=O)ccc21. The summed E-state index contributed by atoms with van der Waals surface area (Å²) in [6.07, 6.45) is 1.89. The zero-order valence-corrected chi connectivity index (χ0v) is 18.7. The molecule has 3 aromatic carbocycles. The number of nitrogens with zero attached hydrogens (tertiary/aromatic N) is 2. The molecule has 1 unspecified atom stereocenters. The standard InChI is InChI=1S/C27H31N3O2/c1-19-18-30(25-8-4-6-20-5-2-3-7-23(20)25)15-14-29(19)13-11-26-24-10-9-22(27(28)31)17-21(24)12-16-32-26/h2-10,17,19,26H,11-16,18H2,1H3,(H2,28,31)/t19-,26?/m1/s1. The third-order valence-corrected chi connectivity index (χ3v) is 7.02. The fourth-order valence-corrected chi connectivity index (χ4v) is 5.24. The van der Waals surface area contributed by atoms with Crippen molar-refractivity contribution < 1.29 is 9.53 Å². The van der Waals surface area contributed by atoms with Crippen LogP contribution in [0.25, 0.3) is 10.8 Å². The Morgan fingerprint density at radius 1 is 1.09 bits per heavy atom. The molecule has 3 aromatic rings. The predicted octanol–water partition coefficient (Wildman–Crippen LogP) is 4.15. The van der Waals surface area contributed by atoms with Crippen LogP contribution in [0.4, 0.5) is 5.69 Å². The van der Waals surface area contributed by atoms with Crippen LogP contribution in [0.5, 0.6) is 0 Å². The minimum absolute atomic E-state index is 0.0870. The van der Waals surface area contributed by atoms with Crippen LogP contribution in [-0.4, -0.2) is 49.6 Å². The molecular weight excluding hydrogens is 398 g/mol. The third kappa shape index (κ3) is 4.10. The number of nitrogens with two attached hydrogens (primary N) is 1. The Morgan fingerprint density at radius 3 is 2.78 bits per heavy atom. The molecule has 32 heavy (non-hydrogen) atoms. The summed E-state index contributed by atoms with van der Waals surface area (Å²) < 4.78 is 6.12. The van der Waals surface area contributed by atoms with Gasteiger partial charge in [-0.1, -0.05) is 42.5 Å². The first kappa shape index (κ1) is 21.0. The lowest BCUT2D eigenvalue weighted by atomic mass is 9.93. The highest BCUT2D eigenvalue weighted by Crippen LogP contribution is 2.32. The van der Waals surface area contributed by atoms with Gasteiger partial charge in [-0.25, -0.2) is 0 Å². The van der Waals surface area contributed by atoms with E-state index in [-0.39, 0.29) is 12.0 Å². The number of carbonyl (C=O) groups excluding carboxylic acids is 1. The first-order valence-electron chi connectivity index (χ1n) is 11.6. The topological polar surface area (TPSA) is 58.8 Å². The van der Waals surface area contributed by atoms with Crippen LogP contribution in [0.2, 0.25) is 0 Å². The maximum atomic E-state index is 11.5. The van der Waals surface area contributed by atoms with E-state index in [2.05, 4.69) is 59.2 Å². The van der Waals surface area contributed by atoms with Crippen LogP contribution in [0, 0.1) is 0 Å². The number of benzene rings is 3. The molecule has 166 valence electrons. The molecule has 5 heteroatoms. The largest absolute Gasteiger partial charge is 0.373 e. The number of fused-ring (bicyclic) bond motifs is 2. The lowest BCUT2D eigenvalue weighted by Gasteiger charge is -2.42. The van der Waals surface area contributed by atoms with Gasteiger partial charge in [0, 0.05) is 48.9 Å². The Bertz CT molecular complexity index is 1120. The van der Waals surface area contributed by atoms with Crippen LogP contribution < -0.4 is 10.6 Å². The summed E-state index contributed by atoms with van der Waals surface area (Å²) in [6, 6.07) is 21.5. The Hall–Kier alpha value is -2.89. The molecule has 0 bridgehead atoms. The minimum Gasteiger partial charge on any atom is -0.373 e. The first-order chi connectivity index (χ1) is 15.6. The Labute approximate surface area is 189 Å². The number of hydrogen-bond donors (Lipinski definition) is 1. The van der Waals surface area contributed by atoms with Gasteiger partial charge in [-0.2, -0.15) is 0 Å². The van der Waals surface area contributed by atoms with E-state index in [1.807, 2.05) is 18.2 Å². The summed E-state index contributed by atoms with van der Waals surface area (Å²) in [5, 5.41) is 2.63. The van der Waals surface area contributed by atoms with Gasteiger partial charge in [0.25, 0.3) is 0 Å². The summed E-state index contributed by atoms with van der Waals surface area (Å²) >= 11 is 0. The number of carbonyl (C=O) groups is 1. The maximum Gasteiger partial charge on any atom is 0.248 e. The van der Waals surface area contributed by atoms with Crippen molar-refractivity contribution >= 4 is 22.4 Å². The van der Waals surface area contributed by atoms with Crippen LogP contribution >= 0.6 is 0 Å². The smallest absolute Gasteiger partial charge is 0.248 e. The van der Waals surface area contributed by atoms with E-state index in [0.717, 1.165) is 39.0 Å². The van der Waals surface area contributed by atoms with Gasteiger partial charge in [-0.3, -0.25) is 9.69 Å². The molecule has 5 rings (SSSR count). The van der Waals surface area contributed by atoms with Crippen molar-refractivity contribution in [1.82, 2.24) is 4.90 Å². The van der Waals surface area contributed by atoms with Gasteiger partial charge in [0.2, 0.25) is 5.91 Å². The number of primary amides is 1. The highest BCUT2D eigenvalue weighted by Gasteiger charge is 2.27. The molecule has 1 saturated heterocycles. The van der Waals surface area contributed by atoms with Crippen LogP contribution in [-0.2, 0) is 11.2 Å². The van der Waals surface area contributed by atoms with Gasteiger partial charge in [0.15, 0.2) is 0 Å². The van der Waals surface area contributed by atoms with E-state index in [0.29, 0.717) is 18.2 Å². The Morgan fingerprint density at radius 2 is 1.94 bits per heavy atom. The van der Waals surface area contributed by atoms with Gasteiger partial charge in [-0.15, -0.1) is 0 Å². The van der Waals surface area contributed by atoms with Gasteiger partial charge in [0.1, 0.15) is 0 Å². The third-order valence-electron chi connectivity index (χ3n) is 7.02. The Balaban J connectivity index is 1.24. The van der Waals surface area contributed by atoms with E-state index in [4.69, 9.17) is 10.5 Å².